The average molecular weight is 1310 g/mol. The molecule has 4 aromatic heterocycles. The van der Waals surface area contributed by atoms with Crippen molar-refractivity contribution >= 4 is 119 Å². The highest BCUT2D eigenvalue weighted by Crippen LogP contribution is 2.46. The quantitative estimate of drug-likeness (QED) is 0.121. The molecule has 0 atom stereocenters. The molecular formula is C89H59F3N4S2. The standard InChI is InChI=1S/C45H30F2N2S.C44H29FN2S/c1-29-26-39(46)44(40(47)27-29)48(34-22-18-31(19-23-34)30-10-3-2-4-11-30)36-13-9-12-33(28-36)32-20-24-35(25-21-32)49-41-16-7-5-14-37(41)45-43(49)38-15-6-8-17-42(38)50-45;45-34-21-27-36(28-22-34)46(35-23-17-31(18-24-35)30-9-2-1-3-10-30)38-12-8-11-33(29-38)32-19-25-37(26-20-32)47-41-15-6-4-13-39(41)44-43(47)40-14-5-7-16-42(40)48-44/h2-28H,1H3;1-29H. The molecule has 18 rings (SSSR count). The van der Waals surface area contributed by atoms with Gasteiger partial charge in [0.1, 0.15) is 23.1 Å². The highest BCUT2D eigenvalue weighted by atomic mass is 32.1. The second-order valence-corrected chi connectivity index (χ2v) is 26.6. The third-order valence-corrected chi connectivity index (χ3v) is 20.8. The van der Waals surface area contributed by atoms with Gasteiger partial charge in [-0.25, -0.2) is 13.2 Å². The van der Waals surface area contributed by atoms with Gasteiger partial charge in [0.25, 0.3) is 0 Å². The predicted molar refractivity (Wildman–Crippen MR) is 408 cm³/mol. The summed E-state index contributed by atoms with van der Waals surface area (Å²) in [6.07, 6.45) is 0. The molecule has 0 unspecified atom stereocenters. The predicted octanol–water partition coefficient (Wildman–Crippen LogP) is 26.3. The molecule has 0 radical (unpaired) electrons. The van der Waals surface area contributed by atoms with Gasteiger partial charge in [-0.3, -0.25) is 0 Å². The highest BCUT2D eigenvalue weighted by molar-refractivity contribution is 7.27. The number of aromatic nitrogens is 2. The summed E-state index contributed by atoms with van der Waals surface area (Å²) in [5.74, 6) is -1.48. The molecule has 98 heavy (non-hydrogen) atoms. The van der Waals surface area contributed by atoms with Gasteiger partial charge in [-0.1, -0.05) is 206 Å². The summed E-state index contributed by atoms with van der Waals surface area (Å²) in [6.45, 7) is 1.70. The Bertz CT molecular complexity index is 5920. The second-order valence-electron chi connectivity index (χ2n) is 24.5. The van der Waals surface area contributed by atoms with Crippen LogP contribution in [0, 0.1) is 24.4 Å². The molecule has 14 aromatic carbocycles. The first-order valence-corrected chi connectivity index (χ1v) is 34.2. The van der Waals surface area contributed by atoms with Crippen LogP contribution in [0.15, 0.2) is 340 Å². The summed E-state index contributed by atoms with van der Waals surface area (Å²) in [6, 6.07) is 115. The summed E-state index contributed by atoms with van der Waals surface area (Å²) in [4.78, 5) is 3.84. The van der Waals surface area contributed by atoms with Crippen molar-refractivity contribution in [1.29, 1.82) is 0 Å². The lowest BCUT2D eigenvalue weighted by Gasteiger charge is -2.27. The smallest absolute Gasteiger partial charge is 0.150 e. The van der Waals surface area contributed by atoms with Crippen molar-refractivity contribution in [3.63, 3.8) is 0 Å². The number of aryl methyl sites for hydroxylation is 1. The zero-order valence-electron chi connectivity index (χ0n) is 53.1. The summed E-state index contributed by atoms with van der Waals surface area (Å²) in [5.41, 5.74) is 20.3. The van der Waals surface area contributed by atoms with E-state index in [0.717, 1.165) is 67.4 Å². The molecule has 0 aliphatic heterocycles. The number of hydrogen-bond acceptors (Lipinski definition) is 4. The molecule has 0 spiro atoms. The molecule has 9 heteroatoms. The van der Waals surface area contributed by atoms with Gasteiger partial charge in [0.15, 0.2) is 0 Å². The van der Waals surface area contributed by atoms with Gasteiger partial charge in [-0.15, -0.1) is 22.7 Å². The Hall–Kier alpha value is -12.0. The number of hydrogen-bond donors (Lipinski definition) is 0. The van der Waals surface area contributed by atoms with Crippen LogP contribution in [-0.2, 0) is 0 Å². The molecule has 0 saturated heterocycles. The summed E-state index contributed by atoms with van der Waals surface area (Å²) >= 11 is 3.69. The van der Waals surface area contributed by atoms with Gasteiger partial charge in [0.05, 0.1) is 31.5 Å². The van der Waals surface area contributed by atoms with Crippen LogP contribution in [-0.4, -0.2) is 9.13 Å². The zero-order chi connectivity index (χ0) is 65.8. The van der Waals surface area contributed by atoms with E-state index in [9.17, 15) is 4.39 Å². The zero-order valence-corrected chi connectivity index (χ0v) is 54.7. The maximum atomic E-state index is 15.7. The number of para-hydroxylation sites is 2. The van der Waals surface area contributed by atoms with E-state index in [1.54, 1.807) is 11.8 Å². The molecule has 0 fully saturated rings. The minimum absolute atomic E-state index is 0.109. The van der Waals surface area contributed by atoms with Gasteiger partial charge in [-0.05, 0) is 190 Å². The first kappa shape index (κ1) is 59.7. The SMILES string of the molecule is Cc1cc(F)c(N(c2ccc(-c3ccccc3)cc2)c2cccc(-c3ccc(-n4c5ccccc5c5sc6ccccc6c54)cc3)c2)c(F)c1.Fc1ccc(N(c2ccc(-c3ccccc3)cc2)c2cccc(-c3ccc(-n4c5ccccc5c5sc6ccccc6c54)cc3)c2)cc1. The van der Waals surface area contributed by atoms with Gasteiger partial charge in [0.2, 0.25) is 0 Å². The minimum Gasteiger partial charge on any atom is -0.310 e. The maximum absolute atomic E-state index is 15.7. The molecule has 0 N–H and O–H groups in total. The van der Waals surface area contributed by atoms with Crippen LogP contribution in [0.5, 0.6) is 0 Å². The summed E-state index contributed by atoms with van der Waals surface area (Å²) in [5, 5.41) is 5.05. The molecule has 0 bridgehead atoms. The van der Waals surface area contributed by atoms with Crippen molar-refractivity contribution < 1.29 is 13.2 Å². The first-order chi connectivity index (χ1) is 48.2. The van der Waals surface area contributed by atoms with Crippen LogP contribution in [0.25, 0.3) is 118 Å². The molecule has 18 aromatic rings. The van der Waals surface area contributed by atoms with Crippen LogP contribution < -0.4 is 9.80 Å². The van der Waals surface area contributed by atoms with E-state index < -0.39 is 11.6 Å². The molecule has 468 valence electrons. The number of benzene rings is 14. The van der Waals surface area contributed by atoms with Gasteiger partial charge in [0, 0.05) is 70.8 Å². The third-order valence-electron chi connectivity index (χ3n) is 18.4. The number of nitrogens with zero attached hydrogens (tertiary/aromatic N) is 4. The van der Waals surface area contributed by atoms with E-state index >= 15 is 8.78 Å². The molecular weight excluding hydrogens is 1250 g/mol. The fourth-order valence-corrected chi connectivity index (χ4v) is 16.3. The molecule has 0 aliphatic carbocycles. The lowest BCUT2D eigenvalue weighted by Crippen LogP contribution is -2.14. The Morgan fingerprint density at radius 2 is 0.612 bits per heavy atom. The minimum atomic E-state index is -0.615. The van der Waals surface area contributed by atoms with Gasteiger partial charge < -0.3 is 18.9 Å². The number of rotatable bonds is 12. The van der Waals surface area contributed by atoms with Gasteiger partial charge in [-0.2, -0.15) is 0 Å². The summed E-state index contributed by atoms with van der Waals surface area (Å²) in [7, 11) is 0. The molecule has 4 nitrogen and oxygen atoms in total. The van der Waals surface area contributed by atoms with Crippen molar-refractivity contribution in [2.75, 3.05) is 9.80 Å². The van der Waals surface area contributed by atoms with Crippen LogP contribution in [0.2, 0.25) is 0 Å². The van der Waals surface area contributed by atoms with Crippen LogP contribution in [0.4, 0.5) is 47.3 Å². The number of thiophene rings is 2. The van der Waals surface area contributed by atoms with Crippen molar-refractivity contribution in [3.05, 3.63) is 363 Å². The Balaban J connectivity index is 0.000000147. The summed E-state index contributed by atoms with van der Waals surface area (Å²) < 4.78 is 55.3. The van der Waals surface area contributed by atoms with Crippen molar-refractivity contribution in [2.45, 2.75) is 6.92 Å². The number of anilines is 6. The largest absolute Gasteiger partial charge is 0.310 e. The van der Waals surface area contributed by atoms with E-state index in [4.69, 9.17) is 0 Å². The second kappa shape index (κ2) is 25.3. The van der Waals surface area contributed by atoms with Gasteiger partial charge >= 0.3 is 0 Å². The van der Waals surface area contributed by atoms with E-state index in [-0.39, 0.29) is 11.5 Å². The number of halogens is 3. The number of fused-ring (bicyclic) bond motifs is 10. The Morgan fingerprint density at radius 1 is 0.276 bits per heavy atom. The average Bonchev–Trinajstić information content (AvgIpc) is 1.52. The Kier molecular flexibility index (Phi) is 15.4. The van der Waals surface area contributed by atoms with E-state index in [1.807, 2.05) is 120 Å². The van der Waals surface area contributed by atoms with E-state index in [0.29, 0.717) is 16.9 Å². The fourth-order valence-electron chi connectivity index (χ4n) is 13.8. The topological polar surface area (TPSA) is 16.3 Å². The van der Waals surface area contributed by atoms with Crippen molar-refractivity contribution in [3.8, 4) is 55.9 Å². The van der Waals surface area contributed by atoms with E-state index in [2.05, 4.69) is 232 Å². The normalized spacial score (nSPS) is 11.5. The molecule has 0 aliphatic rings. The lowest BCUT2D eigenvalue weighted by molar-refractivity contribution is 0.584. The molecule has 4 heterocycles. The monoisotopic (exact) mass is 1300 g/mol. The van der Waals surface area contributed by atoms with Crippen LogP contribution >= 0.6 is 22.7 Å². The van der Waals surface area contributed by atoms with Crippen molar-refractivity contribution in [2.24, 2.45) is 0 Å². The first-order valence-electron chi connectivity index (χ1n) is 32.6. The third kappa shape index (κ3) is 10.9. The lowest BCUT2D eigenvalue weighted by atomic mass is 10.0. The Labute approximate surface area is 573 Å². The Morgan fingerprint density at radius 3 is 1.06 bits per heavy atom. The highest BCUT2D eigenvalue weighted by Gasteiger charge is 2.24. The molecule has 0 saturated carbocycles. The van der Waals surface area contributed by atoms with E-state index in [1.165, 1.54) is 92.2 Å². The van der Waals surface area contributed by atoms with Crippen LogP contribution in [0.1, 0.15) is 5.56 Å². The molecule has 0 amide bonds. The van der Waals surface area contributed by atoms with Crippen molar-refractivity contribution in [1.82, 2.24) is 9.13 Å². The van der Waals surface area contributed by atoms with Crippen LogP contribution in [0.3, 0.4) is 0 Å². The maximum Gasteiger partial charge on any atom is 0.150 e. The fraction of sp³-hybridized carbons (Fsp3) is 0.0112.